The van der Waals surface area contributed by atoms with Gasteiger partial charge in [-0.2, -0.15) is 0 Å². The predicted octanol–water partition coefficient (Wildman–Crippen LogP) is 4.46. The van der Waals surface area contributed by atoms with Gasteiger partial charge in [-0.05, 0) is 48.2 Å². The Labute approximate surface area is 186 Å². The van der Waals surface area contributed by atoms with Crippen LogP contribution in [-0.4, -0.2) is 67.1 Å². The fourth-order valence-electron chi connectivity index (χ4n) is 5.24. The second-order valence-electron chi connectivity index (χ2n) is 9.12. The number of fused-ring (bicyclic) bond motifs is 2. The van der Waals surface area contributed by atoms with Crippen molar-refractivity contribution in [2.24, 2.45) is 0 Å². The van der Waals surface area contributed by atoms with Crippen LogP contribution in [-0.2, 0) is 0 Å². The Bertz CT molecular complexity index is 1020. The van der Waals surface area contributed by atoms with Crippen molar-refractivity contribution in [3.05, 3.63) is 48.0 Å². The third kappa shape index (κ3) is 3.83. The fourth-order valence-corrected chi connectivity index (χ4v) is 5.24. The predicted molar refractivity (Wildman–Crippen MR) is 118 cm³/mol. The molecule has 2 unspecified atom stereocenters. The molecule has 2 fully saturated rings. The minimum absolute atomic E-state index is 0.0636. The van der Waals surface area contributed by atoms with Crippen LogP contribution >= 0.6 is 0 Å². The monoisotopic (exact) mass is 442 g/mol. The first-order valence-corrected chi connectivity index (χ1v) is 11.2. The number of carbonyl (C=O) groups is 1. The molecule has 1 saturated carbocycles. The first-order chi connectivity index (χ1) is 15.3. The lowest BCUT2D eigenvalue weighted by Crippen LogP contribution is -2.44. The number of hydrogen-bond acceptors (Lipinski definition) is 4. The summed E-state index contributed by atoms with van der Waals surface area (Å²) < 4.78 is 39.0. The van der Waals surface area contributed by atoms with Crippen LogP contribution in [0.2, 0.25) is 0 Å². The molecular weight excluding hydrogens is 414 g/mol. The van der Waals surface area contributed by atoms with E-state index in [1.54, 1.807) is 12.0 Å². The fraction of sp³-hybridized carbons (Fsp3) is 0.480. The number of rotatable bonds is 3. The minimum atomic E-state index is -2.54. The molecular formula is C25H28F2N2O3. The topological polar surface area (TPSA) is 42.0 Å². The molecule has 5 nitrogen and oxygen atoms in total. The minimum Gasteiger partial charge on any atom is -0.497 e. The molecule has 0 radical (unpaired) electrons. The van der Waals surface area contributed by atoms with Crippen molar-refractivity contribution in [2.45, 2.75) is 49.8 Å². The second-order valence-corrected chi connectivity index (χ2v) is 9.12. The van der Waals surface area contributed by atoms with Gasteiger partial charge < -0.3 is 14.4 Å². The number of likely N-dealkylation sites (tertiary alicyclic amines) is 1. The molecule has 7 heteroatoms. The number of alkyl halides is 2. The molecule has 2 aromatic carbocycles. The van der Waals surface area contributed by atoms with Crippen molar-refractivity contribution in [1.29, 1.82) is 0 Å². The molecule has 3 aliphatic rings. The molecule has 0 spiro atoms. The second kappa shape index (κ2) is 8.03. The summed E-state index contributed by atoms with van der Waals surface area (Å²) in [5, 5.41) is 0. The van der Waals surface area contributed by atoms with Crippen LogP contribution in [0.1, 0.15) is 36.0 Å². The lowest BCUT2D eigenvalue weighted by atomic mass is 9.91. The Morgan fingerprint density at radius 1 is 1.06 bits per heavy atom. The smallest absolute Gasteiger partial charge is 0.257 e. The molecule has 1 amide bonds. The average Bonchev–Trinajstić information content (AvgIpc) is 3.18. The highest BCUT2D eigenvalue weighted by Crippen LogP contribution is 2.39. The van der Waals surface area contributed by atoms with E-state index in [0.29, 0.717) is 37.2 Å². The lowest BCUT2D eigenvalue weighted by Gasteiger charge is -2.34. The van der Waals surface area contributed by atoms with E-state index >= 15 is 0 Å². The first-order valence-electron chi connectivity index (χ1n) is 11.2. The van der Waals surface area contributed by atoms with Crippen LogP contribution in [0, 0.1) is 0 Å². The molecule has 170 valence electrons. The molecule has 1 saturated heterocycles. The van der Waals surface area contributed by atoms with Crippen LogP contribution in [0.25, 0.3) is 11.1 Å². The maximum Gasteiger partial charge on any atom is 0.257 e. The van der Waals surface area contributed by atoms with E-state index in [1.807, 2.05) is 49.5 Å². The number of ether oxygens (including phenoxy) is 2. The molecule has 5 rings (SSSR count). The number of likely N-dealkylation sites (N-methyl/N-ethyl adjacent to an activating group) is 1. The Hall–Kier alpha value is -2.67. The average molecular weight is 443 g/mol. The zero-order chi connectivity index (χ0) is 22.5. The summed E-state index contributed by atoms with van der Waals surface area (Å²) in [7, 11) is 3.44. The molecule has 0 aromatic heterocycles. The summed E-state index contributed by atoms with van der Waals surface area (Å²) in [6.07, 6.45) is 0.659. The number of benzene rings is 2. The molecule has 2 atom stereocenters. The highest BCUT2D eigenvalue weighted by atomic mass is 19.3. The van der Waals surface area contributed by atoms with Crippen molar-refractivity contribution in [1.82, 2.24) is 9.80 Å². The van der Waals surface area contributed by atoms with Crippen molar-refractivity contribution in [2.75, 3.05) is 27.2 Å². The third-order valence-corrected chi connectivity index (χ3v) is 7.18. The summed E-state index contributed by atoms with van der Waals surface area (Å²) >= 11 is 0. The van der Waals surface area contributed by atoms with Crippen LogP contribution < -0.4 is 9.47 Å². The number of carbonyl (C=O) groups excluding carboxylic acids is 1. The third-order valence-electron chi connectivity index (χ3n) is 7.18. The van der Waals surface area contributed by atoms with Gasteiger partial charge in [0.15, 0.2) is 0 Å². The standard InChI is InChI=1S/C25H28F2N2O3/c1-28-21-14-29(18-8-10-25(26,27)11-9-18)15-23(21)32-22-13-17(6-7-20(22)24(28)30)16-4-3-5-19(12-16)31-2/h3-7,12-13,18,21,23H,8-11,14-15H2,1-2H3. The van der Waals surface area contributed by atoms with Crippen LogP contribution in [0.15, 0.2) is 42.5 Å². The van der Waals surface area contributed by atoms with Gasteiger partial charge in [-0.15, -0.1) is 0 Å². The quantitative estimate of drug-likeness (QED) is 0.704. The number of amides is 1. The van der Waals surface area contributed by atoms with Crippen molar-refractivity contribution >= 4 is 5.91 Å². The van der Waals surface area contributed by atoms with E-state index in [2.05, 4.69) is 4.90 Å². The van der Waals surface area contributed by atoms with Crippen LogP contribution in [0.4, 0.5) is 8.78 Å². The highest BCUT2D eigenvalue weighted by Gasteiger charge is 2.46. The van der Waals surface area contributed by atoms with Gasteiger partial charge in [0.2, 0.25) is 5.92 Å². The Morgan fingerprint density at radius 3 is 2.56 bits per heavy atom. The Morgan fingerprint density at radius 2 is 1.81 bits per heavy atom. The summed E-state index contributed by atoms with van der Waals surface area (Å²) in [4.78, 5) is 17.2. The van der Waals surface area contributed by atoms with Crippen LogP contribution in [0.5, 0.6) is 11.5 Å². The van der Waals surface area contributed by atoms with Crippen molar-refractivity contribution in [3.63, 3.8) is 0 Å². The Balaban J connectivity index is 1.40. The van der Waals surface area contributed by atoms with Gasteiger partial charge in [0.25, 0.3) is 5.91 Å². The summed E-state index contributed by atoms with van der Waals surface area (Å²) in [6.45, 7) is 1.29. The zero-order valence-corrected chi connectivity index (χ0v) is 18.4. The molecule has 0 bridgehead atoms. The van der Waals surface area contributed by atoms with Gasteiger partial charge in [0.05, 0.1) is 18.7 Å². The molecule has 2 heterocycles. The molecule has 0 N–H and O–H groups in total. The van der Waals surface area contributed by atoms with E-state index in [-0.39, 0.29) is 36.9 Å². The Kier molecular flexibility index (Phi) is 5.32. The van der Waals surface area contributed by atoms with E-state index in [1.165, 1.54) is 0 Å². The van der Waals surface area contributed by atoms with Gasteiger partial charge in [-0.25, -0.2) is 8.78 Å². The summed E-state index contributed by atoms with van der Waals surface area (Å²) in [5.74, 6) is -1.27. The summed E-state index contributed by atoms with van der Waals surface area (Å²) in [6, 6.07) is 13.5. The summed E-state index contributed by atoms with van der Waals surface area (Å²) in [5.41, 5.74) is 2.48. The van der Waals surface area contributed by atoms with Crippen LogP contribution in [0.3, 0.4) is 0 Å². The van der Waals surface area contributed by atoms with Gasteiger partial charge in [-0.3, -0.25) is 9.69 Å². The number of halogens is 2. The molecule has 2 aliphatic heterocycles. The number of hydrogen-bond donors (Lipinski definition) is 0. The molecule has 1 aliphatic carbocycles. The van der Waals surface area contributed by atoms with E-state index < -0.39 is 5.92 Å². The van der Waals surface area contributed by atoms with E-state index in [4.69, 9.17) is 9.47 Å². The first kappa shape index (κ1) is 21.2. The van der Waals surface area contributed by atoms with E-state index in [9.17, 15) is 13.6 Å². The lowest BCUT2D eigenvalue weighted by molar-refractivity contribution is -0.0523. The number of nitrogens with zero attached hydrogens (tertiary/aromatic N) is 2. The van der Waals surface area contributed by atoms with Crippen molar-refractivity contribution in [3.8, 4) is 22.6 Å². The van der Waals surface area contributed by atoms with E-state index in [0.717, 1.165) is 16.9 Å². The molecule has 32 heavy (non-hydrogen) atoms. The molecule has 2 aromatic rings. The normalized spacial score (nSPS) is 25.6. The maximum atomic E-state index is 13.6. The maximum absolute atomic E-state index is 13.6. The highest BCUT2D eigenvalue weighted by molar-refractivity contribution is 5.98. The number of methoxy groups -OCH3 is 1. The SMILES string of the molecule is COc1cccc(-c2ccc3c(c2)OC2CN(C4CCC(F)(F)CC4)CC2N(C)C3=O)c1. The van der Waals surface area contributed by atoms with Gasteiger partial charge in [0, 0.05) is 39.0 Å². The van der Waals surface area contributed by atoms with Crippen molar-refractivity contribution < 1.29 is 23.0 Å². The van der Waals surface area contributed by atoms with Gasteiger partial charge >= 0.3 is 0 Å². The van der Waals surface area contributed by atoms with Gasteiger partial charge in [-0.1, -0.05) is 18.2 Å². The van der Waals surface area contributed by atoms with Gasteiger partial charge in [0.1, 0.15) is 17.6 Å². The largest absolute Gasteiger partial charge is 0.497 e. The zero-order valence-electron chi connectivity index (χ0n) is 18.4.